The Morgan fingerprint density at radius 1 is 1.09 bits per heavy atom. The van der Waals surface area contributed by atoms with Crippen molar-refractivity contribution in [1.82, 2.24) is 4.72 Å². The van der Waals surface area contributed by atoms with E-state index in [1.165, 1.54) is 6.07 Å². The van der Waals surface area contributed by atoms with Crippen LogP contribution < -0.4 is 15.5 Å². The van der Waals surface area contributed by atoms with Gasteiger partial charge in [-0.15, -0.1) is 0 Å². The van der Waals surface area contributed by atoms with E-state index in [9.17, 15) is 18.3 Å². The van der Waals surface area contributed by atoms with Gasteiger partial charge in [0.15, 0.2) is 0 Å². The second-order valence-corrected chi connectivity index (χ2v) is 13.3. The predicted octanol–water partition coefficient (Wildman–Crippen LogP) is 3.29. The smallest absolute Gasteiger partial charge is 0.335 e. The molecule has 4 N–H and O–H groups in total. The molecule has 8 atom stereocenters. The Hall–Kier alpha value is -1.22. The highest BCUT2D eigenvalue weighted by atomic mass is 32.2. The molecule has 4 fully saturated rings. The van der Waals surface area contributed by atoms with Crippen molar-refractivity contribution in [3.05, 3.63) is 34.4 Å². The molecule has 4 aliphatic carbocycles. The van der Waals surface area contributed by atoms with Crippen molar-refractivity contribution < 1.29 is 17.9 Å². The first-order valence-electron chi connectivity index (χ1n) is 12.5. The van der Waals surface area contributed by atoms with Gasteiger partial charge in [0, 0.05) is 18.0 Å². The zero-order valence-electron chi connectivity index (χ0n) is 19.8. The molecule has 0 saturated heterocycles. The molecule has 1 heterocycles. The maximum atomic E-state index is 12.3. The van der Waals surface area contributed by atoms with Gasteiger partial charge in [-0.25, -0.2) is 14.7 Å². The quantitative estimate of drug-likeness (QED) is 0.613. The molecule has 184 valence electrons. The van der Waals surface area contributed by atoms with Gasteiger partial charge >= 0.3 is 5.63 Å². The molecular formula is C25H38N2O5S. The van der Waals surface area contributed by atoms with Crippen LogP contribution in [0.4, 0.5) is 0 Å². The molecule has 33 heavy (non-hydrogen) atoms. The van der Waals surface area contributed by atoms with Crippen molar-refractivity contribution >= 4 is 10.2 Å². The minimum absolute atomic E-state index is 0.190. The van der Waals surface area contributed by atoms with E-state index in [0.29, 0.717) is 24.3 Å². The molecule has 8 heteroatoms. The van der Waals surface area contributed by atoms with Gasteiger partial charge < -0.3 is 9.52 Å². The number of nitrogens with two attached hydrogens (primary N) is 1. The van der Waals surface area contributed by atoms with Crippen molar-refractivity contribution in [1.29, 1.82) is 0 Å². The van der Waals surface area contributed by atoms with Crippen LogP contribution in [0.1, 0.15) is 83.1 Å². The largest absolute Gasteiger partial charge is 0.431 e. The Morgan fingerprint density at radius 3 is 2.58 bits per heavy atom. The molecule has 0 bridgehead atoms. The normalized spacial score (nSPS) is 45.2. The molecule has 4 aliphatic rings. The summed E-state index contributed by atoms with van der Waals surface area (Å²) < 4.78 is 30.4. The summed E-state index contributed by atoms with van der Waals surface area (Å²) in [6.07, 6.45) is 10.7. The van der Waals surface area contributed by atoms with Gasteiger partial charge in [0.25, 0.3) is 10.2 Å². The Kier molecular flexibility index (Phi) is 5.63. The van der Waals surface area contributed by atoms with E-state index in [-0.39, 0.29) is 28.3 Å². The van der Waals surface area contributed by atoms with Crippen LogP contribution in [0.5, 0.6) is 0 Å². The third-order valence-electron chi connectivity index (χ3n) is 10.7. The molecule has 1 aromatic rings. The first kappa shape index (κ1) is 23.5. The maximum absolute atomic E-state index is 12.3. The summed E-state index contributed by atoms with van der Waals surface area (Å²) in [5.41, 5.74) is -0.0171. The lowest BCUT2D eigenvalue weighted by Crippen LogP contribution is -2.62. The zero-order chi connectivity index (χ0) is 23.6. The highest BCUT2D eigenvalue weighted by Gasteiger charge is 2.67. The lowest BCUT2D eigenvalue weighted by molar-refractivity contribution is -0.203. The molecule has 7 nitrogen and oxygen atoms in total. The van der Waals surface area contributed by atoms with E-state index in [1.54, 1.807) is 6.26 Å². The van der Waals surface area contributed by atoms with Crippen LogP contribution in [0.15, 0.2) is 27.6 Å². The van der Waals surface area contributed by atoms with Gasteiger partial charge in [0.1, 0.15) is 0 Å². The Labute approximate surface area is 196 Å². The van der Waals surface area contributed by atoms with E-state index in [2.05, 4.69) is 18.6 Å². The number of fused-ring (bicyclic) bond motifs is 5. The maximum Gasteiger partial charge on any atom is 0.335 e. The van der Waals surface area contributed by atoms with Gasteiger partial charge in [-0.05, 0) is 104 Å². The fourth-order valence-electron chi connectivity index (χ4n) is 8.83. The Balaban J connectivity index is 1.36. The fourth-order valence-corrected chi connectivity index (χ4v) is 9.30. The van der Waals surface area contributed by atoms with Crippen LogP contribution in [-0.2, 0) is 10.2 Å². The highest BCUT2D eigenvalue weighted by Crippen LogP contribution is 2.70. The summed E-state index contributed by atoms with van der Waals surface area (Å²) in [6.45, 7) is 5.12. The third kappa shape index (κ3) is 3.72. The molecule has 5 rings (SSSR count). The molecule has 0 amide bonds. The third-order valence-corrected chi connectivity index (χ3v) is 11.2. The van der Waals surface area contributed by atoms with Gasteiger partial charge in [0.05, 0.1) is 11.9 Å². The van der Waals surface area contributed by atoms with Crippen LogP contribution >= 0.6 is 0 Å². The second kappa shape index (κ2) is 7.90. The molecule has 0 aliphatic heterocycles. The van der Waals surface area contributed by atoms with Crippen molar-refractivity contribution in [3.63, 3.8) is 0 Å². The number of hydrogen-bond donors (Lipinski definition) is 3. The van der Waals surface area contributed by atoms with Gasteiger partial charge in [0.2, 0.25) is 0 Å². The number of nitrogens with one attached hydrogen (secondary N) is 1. The van der Waals surface area contributed by atoms with Crippen LogP contribution in [0.2, 0.25) is 0 Å². The van der Waals surface area contributed by atoms with Crippen LogP contribution in [0.3, 0.4) is 0 Å². The minimum Gasteiger partial charge on any atom is -0.431 e. The van der Waals surface area contributed by atoms with Crippen molar-refractivity contribution in [2.75, 3.05) is 6.54 Å². The topological polar surface area (TPSA) is 123 Å². The van der Waals surface area contributed by atoms with E-state index in [1.807, 2.05) is 6.07 Å². The van der Waals surface area contributed by atoms with Crippen LogP contribution in [0.25, 0.3) is 0 Å². The van der Waals surface area contributed by atoms with Gasteiger partial charge in [-0.1, -0.05) is 13.8 Å². The molecule has 4 saturated carbocycles. The van der Waals surface area contributed by atoms with Gasteiger partial charge in [-0.3, -0.25) is 0 Å². The molecule has 0 spiro atoms. The average molecular weight is 479 g/mol. The summed E-state index contributed by atoms with van der Waals surface area (Å²) in [7, 11) is -3.65. The van der Waals surface area contributed by atoms with Crippen LogP contribution in [0, 0.1) is 34.5 Å². The Bertz CT molecular complexity index is 1050. The average Bonchev–Trinajstić information content (AvgIpc) is 3.03. The summed E-state index contributed by atoms with van der Waals surface area (Å²) in [6, 6.07) is 3.38. The Morgan fingerprint density at radius 2 is 1.88 bits per heavy atom. The molecule has 0 unspecified atom stereocenters. The van der Waals surface area contributed by atoms with Crippen molar-refractivity contribution in [2.45, 2.75) is 83.2 Å². The van der Waals surface area contributed by atoms with Crippen molar-refractivity contribution in [2.24, 2.45) is 39.6 Å². The lowest BCUT2D eigenvalue weighted by atomic mass is 9.43. The minimum atomic E-state index is -3.65. The highest BCUT2D eigenvalue weighted by molar-refractivity contribution is 7.87. The van der Waals surface area contributed by atoms with E-state index < -0.39 is 15.8 Å². The van der Waals surface area contributed by atoms with Crippen molar-refractivity contribution in [3.8, 4) is 0 Å². The van der Waals surface area contributed by atoms with Crippen LogP contribution in [-0.4, -0.2) is 25.7 Å². The second-order valence-electron chi connectivity index (χ2n) is 11.9. The number of aliphatic hydroxyl groups is 1. The lowest BCUT2D eigenvalue weighted by Gasteiger charge is -2.64. The fraction of sp³-hybridized carbons (Fsp3) is 0.800. The summed E-state index contributed by atoms with van der Waals surface area (Å²) in [5.74, 6) is 1.89. The molecular weight excluding hydrogens is 440 g/mol. The first-order chi connectivity index (χ1) is 15.5. The van der Waals surface area contributed by atoms with E-state index in [0.717, 1.165) is 63.4 Å². The first-order valence-corrected chi connectivity index (χ1v) is 14.1. The number of rotatable bonds is 4. The summed E-state index contributed by atoms with van der Waals surface area (Å²) in [5, 5.41) is 17.4. The SMILES string of the molecule is C[C@]12CC[C@H](CNS(N)(=O)=O)C[C@H]1CC[C@@H]1[C@@H]2CC[C@]2(C)[C@@H](c3ccc(=O)oc3)CC[C@]12O. The van der Waals surface area contributed by atoms with E-state index in [4.69, 9.17) is 9.56 Å². The van der Waals surface area contributed by atoms with Gasteiger partial charge in [-0.2, -0.15) is 8.42 Å². The zero-order valence-corrected chi connectivity index (χ0v) is 20.6. The standard InChI is InChI=1S/C25H38N2O5S/c1-23-10-7-16(14-27-33(26,30)31)13-18(23)4-5-21-20(23)8-11-24(2)19(9-12-25(21,24)29)17-3-6-22(28)32-15-17/h3,6,15-16,18-21,27,29H,4-5,7-14H2,1-2H3,(H2,26,30,31)/t16-,18+,19+,20-,21+,23-,24+,25-/m0/s1. The molecule has 0 radical (unpaired) electrons. The van der Waals surface area contributed by atoms with E-state index >= 15 is 0 Å². The number of hydrogen-bond acceptors (Lipinski definition) is 5. The predicted molar refractivity (Wildman–Crippen MR) is 126 cm³/mol. The monoisotopic (exact) mass is 478 g/mol. The summed E-state index contributed by atoms with van der Waals surface area (Å²) in [4.78, 5) is 11.5. The summed E-state index contributed by atoms with van der Waals surface area (Å²) >= 11 is 0. The molecule has 1 aromatic heterocycles. The molecule has 0 aromatic carbocycles.